The minimum absolute atomic E-state index is 0. The molecule has 0 fully saturated rings. The Balaban J connectivity index is 0.00000225. The molecule has 1 aliphatic heterocycles. The number of hydrogen-bond acceptors (Lipinski definition) is 3. The Morgan fingerprint density at radius 1 is 1.12 bits per heavy atom. The lowest BCUT2D eigenvalue weighted by Crippen LogP contribution is -2.24. The molecule has 0 saturated heterocycles. The van der Waals surface area contributed by atoms with Crippen molar-refractivity contribution in [1.29, 1.82) is 0 Å². The van der Waals surface area contributed by atoms with E-state index in [-0.39, 0.29) is 24.2 Å². The zero-order valence-electron chi connectivity index (χ0n) is 14.7. The first kappa shape index (κ1) is 19.8. The maximum absolute atomic E-state index is 12.3. The number of hydrogen-bond donors (Lipinski definition) is 1. The van der Waals surface area contributed by atoms with E-state index in [0.29, 0.717) is 6.42 Å². The average Bonchev–Trinajstić information content (AvgIpc) is 2.59. The van der Waals surface area contributed by atoms with Gasteiger partial charge in [-0.3, -0.25) is 4.79 Å². The maximum Gasteiger partial charge on any atom is 0.225 e. The number of nitrogens with zero attached hydrogens (tertiary/aromatic N) is 1. The molecule has 134 valence electrons. The van der Waals surface area contributed by atoms with Crippen LogP contribution in [0.2, 0.25) is 0 Å². The highest BCUT2D eigenvalue weighted by molar-refractivity contribution is 7.99. The lowest BCUT2D eigenvalue weighted by molar-refractivity contribution is -0.116. The van der Waals surface area contributed by atoms with Gasteiger partial charge >= 0.3 is 0 Å². The minimum atomic E-state index is 0. The van der Waals surface area contributed by atoms with E-state index in [2.05, 4.69) is 54.6 Å². The molecule has 0 aromatic heterocycles. The summed E-state index contributed by atoms with van der Waals surface area (Å²) in [5.41, 5.74) is 3.46. The number of carbonyl (C=O) groups is 1. The number of rotatable bonds is 6. The molecule has 1 amide bonds. The Morgan fingerprint density at radius 2 is 1.88 bits per heavy atom. The van der Waals surface area contributed by atoms with Crippen LogP contribution in [0.3, 0.4) is 0 Å². The van der Waals surface area contributed by atoms with Crippen molar-refractivity contribution in [3.63, 3.8) is 0 Å². The Hall–Kier alpha value is -1.49. The number of fused-ring (bicyclic) bond motifs is 1. The summed E-state index contributed by atoms with van der Waals surface area (Å²) in [5.74, 6) is 1.32. The molecule has 0 radical (unpaired) electrons. The van der Waals surface area contributed by atoms with E-state index >= 15 is 0 Å². The summed E-state index contributed by atoms with van der Waals surface area (Å²) in [6, 6.07) is 16.7. The van der Waals surface area contributed by atoms with E-state index in [1.165, 1.54) is 16.0 Å². The third-order valence-electron chi connectivity index (χ3n) is 4.30. The fourth-order valence-corrected chi connectivity index (χ4v) is 4.11. The highest BCUT2D eigenvalue weighted by atomic mass is 35.5. The van der Waals surface area contributed by atoms with Gasteiger partial charge in [-0.2, -0.15) is 0 Å². The van der Waals surface area contributed by atoms with E-state index in [9.17, 15) is 4.79 Å². The molecule has 0 saturated carbocycles. The van der Waals surface area contributed by atoms with Crippen molar-refractivity contribution in [1.82, 2.24) is 4.90 Å². The standard InChI is InChI=1S/C20H24N2OS.ClH/c1-22(2)12-7-13-24-18-11-6-10-16-17(14-19(23)21-20(16)18)15-8-4-3-5-9-15;/h3-6,8-11,17H,7,12-14H2,1-2H3,(H,21,23);1H. The van der Waals surface area contributed by atoms with E-state index < -0.39 is 0 Å². The largest absolute Gasteiger partial charge is 0.325 e. The van der Waals surface area contributed by atoms with Crippen LogP contribution < -0.4 is 5.32 Å². The molecular weight excluding hydrogens is 352 g/mol. The van der Waals surface area contributed by atoms with Gasteiger partial charge in [-0.15, -0.1) is 24.2 Å². The maximum atomic E-state index is 12.3. The summed E-state index contributed by atoms with van der Waals surface area (Å²) in [7, 11) is 4.19. The summed E-state index contributed by atoms with van der Waals surface area (Å²) >= 11 is 1.83. The molecule has 3 rings (SSSR count). The first-order chi connectivity index (χ1) is 11.6. The number of halogens is 1. The van der Waals surface area contributed by atoms with Crippen molar-refractivity contribution < 1.29 is 4.79 Å². The third kappa shape index (κ3) is 5.00. The van der Waals surface area contributed by atoms with Crippen LogP contribution in [0, 0.1) is 0 Å². The van der Waals surface area contributed by atoms with Gasteiger partial charge in [-0.25, -0.2) is 0 Å². The van der Waals surface area contributed by atoms with Gasteiger partial charge in [-0.05, 0) is 50.0 Å². The van der Waals surface area contributed by atoms with Crippen LogP contribution in [0.5, 0.6) is 0 Å². The Bertz CT molecular complexity index is 706. The third-order valence-corrected chi connectivity index (χ3v) is 5.44. The summed E-state index contributed by atoms with van der Waals surface area (Å²) in [6.45, 7) is 1.08. The normalized spacial score (nSPS) is 16.1. The summed E-state index contributed by atoms with van der Waals surface area (Å²) in [6.07, 6.45) is 1.66. The average molecular weight is 377 g/mol. The zero-order valence-corrected chi connectivity index (χ0v) is 16.3. The van der Waals surface area contributed by atoms with Crippen molar-refractivity contribution in [3.8, 4) is 0 Å². The molecule has 2 aromatic carbocycles. The summed E-state index contributed by atoms with van der Waals surface area (Å²) in [5, 5.41) is 3.11. The van der Waals surface area contributed by atoms with Gasteiger partial charge in [0.25, 0.3) is 0 Å². The van der Waals surface area contributed by atoms with Crippen LogP contribution >= 0.6 is 24.2 Å². The second-order valence-corrected chi connectivity index (χ2v) is 7.58. The smallest absolute Gasteiger partial charge is 0.225 e. The number of para-hydroxylation sites is 1. The number of carbonyl (C=O) groups excluding carboxylic acids is 1. The Kier molecular flexibility index (Phi) is 7.36. The highest BCUT2D eigenvalue weighted by Crippen LogP contribution is 2.41. The minimum Gasteiger partial charge on any atom is -0.325 e. The van der Waals surface area contributed by atoms with Crippen molar-refractivity contribution in [3.05, 3.63) is 59.7 Å². The number of anilines is 1. The van der Waals surface area contributed by atoms with Gasteiger partial charge < -0.3 is 10.2 Å². The number of amides is 1. The molecule has 0 aliphatic carbocycles. The first-order valence-electron chi connectivity index (χ1n) is 8.40. The van der Waals surface area contributed by atoms with Crippen LogP contribution in [-0.2, 0) is 4.79 Å². The van der Waals surface area contributed by atoms with E-state index in [1.807, 2.05) is 30.0 Å². The number of benzene rings is 2. The van der Waals surface area contributed by atoms with E-state index in [1.54, 1.807) is 0 Å². The molecular formula is C20H25ClN2OS. The molecule has 5 heteroatoms. The van der Waals surface area contributed by atoms with Crippen molar-refractivity contribution >= 4 is 35.8 Å². The molecule has 0 spiro atoms. The summed E-state index contributed by atoms with van der Waals surface area (Å²) in [4.78, 5) is 15.6. The molecule has 1 N–H and O–H groups in total. The van der Waals surface area contributed by atoms with Gasteiger partial charge in [0.1, 0.15) is 0 Å². The fraction of sp³-hybridized carbons (Fsp3) is 0.350. The van der Waals surface area contributed by atoms with Crippen LogP contribution in [-0.4, -0.2) is 37.2 Å². The molecule has 1 heterocycles. The van der Waals surface area contributed by atoms with E-state index in [0.717, 1.165) is 24.4 Å². The SMILES string of the molecule is CN(C)CCCSc1cccc2c1NC(=O)CC2c1ccccc1.Cl. The van der Waals surface area contributed by atoms with Crippen molar-refractivity contribution in [2.24, 2.45) is 0 Å². The predicted molar refractivity (Wildman–Crippen MR) is 109 cm³/mol. The van der Waals surface area contributed by atoms with Gasteiger partial charge in [0.2, 0.25) is 5.91 Å². The lowest BCUT2D eigenvalue weighted by atomic mass is 9.85. The molecule has 1 aliphatic rings. The molecule has 2 aromatic rings. The van der Waals surface area contributed by atoms with Crippen molar-refractivity contribution in [2.75, 3.05) is 31.7 Å². The number of nitrogens with one attached hydrogen (secondary N) is 1. The monoisotopic (exact) mass is 376 g/mol. The molecule has 25 heavy (non-hydrogen) atoms. The summed E-state index contributed by atoms with van der Waals surface area (Å²) < 4.78 is 0. The van der Waals surface area contributed by atoms with Crippen LogP contribution in [0.15, 0.2) is 53.4 Å². The topological polar surface area (TPSA) is 32.3 Å². The lowest BCUT2D eigenvalue weighted by Gasteiger charge is -2.27. The second-order valence-electron chi connectivity index (χ2n) is 6.44. The first-order valence-corrected chi connectivity index (χ1v) is 9.39. The van der Waals surface area contributed by atoms with Gasteiger partial charge in [-0.1, -0.05) is 42.5 Å². The molecule has 1 unspecified atom stereocenters. The van der Waals surface area contributed by atoms with Gasteiger partial charge in [0.05, 0.1) is 5.69 Å². The Labute approximate surface area is 160 Å². The van der Waals surface area contributed by atoms with Gasteiger partial charge in [0, 0.05) is 17.2 Å². The molecule has 1 atom stereocenters. The second kappa shape index (κ2) is 9.27. The van der Waals surface area contributed by atoms with Crippen molar-refractivity contribution in [2.45, 2.75) is 23.7 Å². The quantitative estimate of drug-likeness (QED) is 0.589. The fourth-order valence-electron chi connectivity index (χ4n) is 3.12. The van der Waals surface area contributed by atoms with Crippen LogP contribution in [0.25, 0.3) is 0 Å². The van der Waals surface area contributed by atoms with Crippen LogP contribution in [0.4, 0.5) is 5.69 Å². The van der Waals surface area contributed by atoms with Gasteiger partial charge in [0.15, 0.2) is 0 Å². The zero-order chi connectivity index (χ0) is 16.9. The highest BCUT2D eigenvalue weighted by Gasteiger charge is 2.27. The molecule has 3 nitrogen and oxygen atoms in total. The predicted octanol–water partition coefficient (Wildman–Crippen LogP) is 4.63. The van der Waals surface area contributed by atoms with E-state index in [4.69, 9.17) is 0 Å². The number of thioether (sulfide) groups is 1. The van der Waals surface area contributed by atoms with Crippen LogP contribution in [0.1, 0.15) is 29.9 Å². The Morgan fingerprint density at radius 3 is 2.60 bits per heavy atom. The molecule has 0 bridgehead atoms.